The van der Waals surface area contributed by atoms with Crippen molar-refractivity contribution >= 4 is 18.0 Å². The van der Waals surface area contributed by atoms with Gasteiger partial charge >= 0.3 is 12.1 Å². The van der Waals surface area contributed by atoms with Crippen LogP contribution in [0.15, 0.2) is 91.0 Å². The summed E-state index contributed by atoms with van der Waals surface area (Å²) in [5.41, 5.74) is 2.94. The molecule has 3 atom stereocenters. The van der Waals surface area contributed by atoms with Gasteiger partial charge in [0.05, 0.1) is 17.9 Å². The maximum Gasteiger partial charge on any atom is 0.416 e. The number of esters is 1. The van der Waals surface area contributed by atoms with Gasteiger partial charge in [0.2, 0.25) is 5.91 Å². The highest BCUT2D eigenvalue weighted by Gasteiger charge is 2.43. The number of cyclic esters (lactones) is 1. The van der Waals surface area contributed by atoms with Crippen LogP contribution in [0.2, 0.25) is 0 Å². The number of rotatable bonds is 10. The Hall–Kier alpha value is -3.93. The molecule has 36 heavy (non-hydrogen) atoms. The van der Waals surface area contributed by atoms with Gasteiger partial charge in [-0.15, -0.1) is 0 Å². The zero-order valence-electron chi connectivity index (χ0n) is 20.4. The topological polar surface area (TPSA) is 72.9 Å². The Morgan fingerprint density at radius 2 is 1.44 bits per heavy atom. The summed E-state index contributed by atoms with van der Waals surface area (Å²) in [6.45, 7) is 1.97. The lowest BCUT2D eigenvalue weighted by molar-refractivity contribution is -0.155. The molecule has 1 aliphatic heterocycles. The molecule has 3 aromatic rings. The van der Waals surface area contributed by atoms with Crippen molar-refractivity contribution < 1.29 is 23.9 Å². The van der Waals surface area contributed by atoms with E-state index in [1.165, 1.54) is 4.90 Å². The molecule has 0 saturated carbocycles. The largest absolute Gasteiger partial charge is 0.461 e. The molecular weight excluding hydrogens is 454 g/mol. The van der Waals surface area contributed by atoms with Gasteiger partial charge in [-0.25, -0.2) is 9.69 Å². The van der Waals surface area contributed by atoms with Crippen LogP contribution < -0.4 is 0 Å². The zero-order chi connectivity index (χ0) is 25.3. The molecule has 2 amide bonds. The highest BCUT2D eigenvalue weighted by molar-refractivity contribution is 5.96. The summed E-state index contributed by atoms with van der Waals surface area (Å²) < 4.78 is 10.8. The molecular formula is C30H31NO5. The van der Waals surface area contributed by atoms with Crippen molar-refractivity contribution in [1.82, 2.24) is 4.90 Å². The lowest BCUT2D eigenvalue weighted by Crippen LogP contribution is -2.46. The van der Waals surface area contributed by atoms with Crippen LogP contribution in [0.5, 0.6) is 0 Å². The normalized spacial score (nSPS) is 16.8. The fraction of sp³-hybridized carbons (Fsp3) is 0.300. The number of carbonyl (C=O) groups is 3. The molecule has 1 aliphatic rings. The fourth-order valence-electron chi connectivity index (χ4n) is 4.52. The molecule has 6 nitrogen and oxygen atoms in total. The molecule has 3 aromatic carbocycles. The third-order valence-corrected chi connectivity index (χ3v) is 6.62. The monoisotopic (exact) mass is 485 g/mol. The van der Waals surface area contributed by atoms with Gasteiger partial charge in [-0.2, -0.15) is 0 Å². The second-order valence-corrected chi connectivity index (χ2v) is 9.14. The Labute approximate surface area is 211 Å². The molecule has 1 heterocycles. The first-order chi connectivity index (χ1) is 17.5. The third kappa shape index (κ3) is 6.39. The van der Waals surface area contributed by atoms with Crippen LogP contribution in [0.25, 0.3) is 0 Å². The van der Waals surface area contributed by atoms with Crippen molar-refractivity contribution in [2.45, 2.75) is 38.8 Å². The number of nitrogens with zero attached hydrogens (tertiary/aromatic N) is 1. The molecule has 0 N–H and O–H groups in total. The SMILES string of the molecule is C[C@H](C(=O)OCc1ccccc1)[C@@H](CCc1ccccc1)C(=O)N1C(=O)OC[C@@H]1Cc1ccccc1. The molecule has 0 radical (unpaired) electrons. The molecule has 0 aliphatic carbocycles. The van der Waals surface area contributed by atoms with Crippen molar-refractivity contribution in [2.75, 3.05) is 6.61 Å². The van der Waals surface area contributed by atoms with Gasteiger partial charge in [-0.1, -0.05) is 97.9 Å². The van der Waals surface area contributed by atoms with Crippen LogP contribution in [0.3, 0.4) is 0 Å². The first-order valence-electron chi connectivity index (χ1n) is 12.3. The van der Waals surface area contributed by atoms with E-state index in [-0.39, 0.29) is 13.2 Å². The summed E-state index contributed by atoms with van der Waals surface area (Å²) in [6.07, 6.45) is 0.846. The maximum absolute atomic E-state index is 13.8. The van der Waals surface area contributed by atoms with Gasteiger partial charge < -0.3 is 9.47 Å². The first-order valence-corrected chi connectivity index (χ1v) is 12.3. The second-order valence-electron chi connectivity index (χ2n) is 9.14. The molecule has 0 bridgehead atoms. The van der Waals surface area contributed by atoms with Gasteiger partial charge in [0.1, 0.15) is 13.2 Å². The summed E-state index contributed by atoms with van der Waals surface area (Å²) in [5.74, 6) is -2.30. The van der Waals surface area contributed by atoms with Crippen LogP contribution in [-0.2, 0) is 38.5 Å². The van der Waals surface area contributed by atoms with E-state index >= 15 is 0 Å². The van der Waals surface area contributed by atoms with Gasteiger partial charge in [0.15, 0.2) is 0 Å². The molecule has 4 rings (SSSR count). The average molecular weight is 486 g/mol. The number of hydrogen-bond donors (Lipinski definition) is 0. The standard InChI is InChI=1S/C30H31NO5/c1-22(29(33)35-20-25-15-9-4-10-16-25)27(18-17-23-11-5-2-6-12-23)28(32)31-26(21-36-30(31)34)19-24-13-7-3-8-14-24/h2-16,22,26-27H,17-21H2,1H3/t22-,26-,27+/m0/s1. The van der Waals surface area contributed by atoms with E-state index in [1.807, 2.05) is 91.0 Å². The Bertz CT molecular complexity index is 1150. The molecule has 1 fully saturated rings. The summed E-state index contributed by atoms with van der Waals surface area (Å²) in [6, 6.07) is 28.5. The Morgan fingerprint density at radius 1 is 0.889 bits per heavy atom. The average Bonchev–Trinajstić information content (AvgIpc) is 3.28. The second kappa shape index (κ2) is 12.2. The van der Waals surface area contributed by atoms with Gasteiger partial charge in [0, 0.05) is 0 Å². The number of carbonyl (C=O) groups excluding carboxylic acids is 3. The Kier molecular flexibility index (Phi) is 8.50. The Morgan fingerprint density at radius 3 is 2.06 bits per heavy atom. The van der Waals surface area contributed by atoms with Crippen molar-refractivity contribution in [2.24, 2.45) is 11.8 Å². The first kappa shape index (κ1) is 25.2. The maximum atomic E-state index is 13.8. The summed E-state index contributed by atoms with van der Waals surface area (Å²) in [5, 5.41) is 0. The van der Waals surface area contributed by atoms with E-state index < -0.39 is 35.8 Å². The van der Waals surface area contributed by atoms with E-state index in [0.717, 1.165) is 16.7 Å². The van der Waals surface area contributed by atoms with Crippen molar-refractivity contribution in [3.05, 3.63) is 108 Å². The molecule has 6 heteroatoms. The van der Waals surface area contributed by atoms with Crippen LogP contribution in [0.4, 0.5) is 4.79 Å². The van der Waals surface area contributed by atoms with E-state index in [2.05, 4.69) is 0 Å². The molecule has 1 saturated heterocycles. The van der Waals surface area contributed by atoms with E-state index in [0.29, 0.717) is 19.3 Å². The molecule has 0 unspecified atom stereocenters. The lowest BCUT2D eigenvalue weighted by Gasteiger charge is -2.28. The molecule has 186 valence electrons. The zero-order valence-corrected chi connectivity index (χ0v) is 20.4. The number of imide groups is 1. The van der Waals surface area contributed by atoms with Crippen LogP contribution in [-0.4, -0.2) is 35.5 Å². The van der Waals surface area contributed by atoms with Crippen LogP contribution in [0.1, 0.15) is 30.0 Å². The minimum absolute atomic E-state index is 0.131. The number of amides is 2. The predicted molar refractivity (Wildman–Crippen MR) is 136 cm³/mol. The summed E-state index contributed by atoms with van der Waals surface area (Å²) in [4.78, 5) is 40.7. The van der Waals surface area contributed by atoms with E-state index in [9.17, 15) is 14.4 Å². The highest BCUT2D eigenvalue weighted by Crippen LogP contribution is 2.27. The lowest BCUT2D eigenvalue weighted by atomic mass is 9.86. The highest BCUT2D eigenvalue weighted by atomic mass is 16.6. The third-order valence-electron chi connectivity index (χ3n) is 6.62. The van der Waals surface area contributed by atoms with Crippen molar-refractivity contribution in [3.8, 4) is 0 Å². The number of hydrogen-bond acceptors (Lipinski definition) is 5. The van der Waals surface area contributed by atoms with Gasteiger partial charge in [-0.05, 0) is 36.0 Å². The summed E-state index contributed by atoms with van der Waals surface area (Å²) >= 11 is 0. The van der Waals surface area contributed by atoms with E-state index in [4.69, 9.17) is 9.47 Å². The predicted octanol–water partition coefficient (Wildman–Crippen LogP) is 5.21. The van der Waals surface area contributed by atoms with Gasteiger partial charge in [0.25, 0.3) is 0 Å². The minimum atomic E-state index is -0.726. The van der Waals surface area contributed by atoms with Gasteiger partial charge in [-0.3, -0.25) is 9.59 Å². The minimum Gasteiger partial charge on any atom is -0.461 e. The van der Waals surface area contributed by atoms with Crippen molar-refractivity contribution in [1.29, 1.82) is 0 Å². The molecule has 0 spiro atoms. The van der Waals surface area contributed by atoms with Crippen LogP contribution >= 0.6 is 0 Å². The number of aryl methyl sites for hydroxylation is 1. The molecule has 0 aromatic heterocycles. The van der Waals surface area contributed by atoms with E-state index in [1.54, 1.807) is 6.92 Å². The number of benzene rings is 3. The number of ether oxygens (including phenoxy) is 2. The fourth-order valence-corrected chi connectivity index (χ4v) is 4.52. The quantitative estimate of drug-likeness (QED) is 0.369. The Balaban J connectivity index is 1.51. The summed E-state index contributed by atoms with van der Waals surface area (Å²) in [7, 11) is 0. The van der Waals surface area contributed by atoms with Crippen LogP contribution in [0, 0.1) is 11.8 Å². The van der Waals surface area contributed by atoms with Crippen molar-refractivity contribution in [3.63, 3.8) is 0 Å². The smallest absolute Gasteiger partial charge is 0.416 e.